The van der Waals surface area contributed by atoms with Gasteiger partial charge in [-0.25, -0.2) is 0 Å². The van der Waals surface area contributed by atoms with E-state index in [4.69, 9.17) is 28.3 Å². The molecular formula is C11H13Cl2N3O2. The van der Waals surface area contributed by atoms with E-state index in [0.717, 1.165) is 19.3 Å². The van der Waals surface area contributed by atoms with Crippen LogP contribution in [0.5, 0.6) is 0 Å². The number of carbonyl (C=O) groups is 1. The lowest BCUT2D eigenvalue weighted by Crippen LogP contribution is -2.38. The number of nitrogens with one attached hydrogen (secondary N) is 1. The predicted octanol–water partition coefficient (Wildman–Crippen LogP) is 2.84. The van der Waals surface area contributed by atoms with Crippen molar-refractivity contribution < 1.29 is 9.90 Å². The first-order chi connectivity index (χ1) is 8.51. The monoisotopic (exact) mass is 289 g/mol. The molecule has 1 fully saturated rings. The van der Waals surface area contributed by atoms with E-state index in [1.165, 1.54) is 0 Å². The second kappa shape index (κ2) is 5.28. The molecule has 1 heterocycles. The summed E-state index contributed by atoms with van der Waals surface area (Å²) in [4.78, 5) is 10.8. The molecule has 0 bridgehead atoms. The van der Waals surface area contributed by atoms with Gasteiger partial charge in [0.05, 0.1) is 12.1 Å². The van der Waals surface area contributed by atoms with E-state index >= 15 is 0 Å². The maximum atomic E-state index is 10.8. The number of aliphatic carboxylic acids is 1. The number of hydrogen-bond donors (Lipinski definition) is 2. The molecule has 1 aromatic rings. The smallest absolute Gasteiger partial charge is 0.303 e. The van der Waals surface area contributed by atoms with Crippen molar-refractivity contribution >= 4 is 34.9 Å². The fraction of sp³-hybridized carbons (Fsp3) is 0.545. The van der Waals surface area contributed by atoms with Crippen LogP contribution in [0.25, 0.3) is 0 Å². The summed E-state index contributed by atoms with van der Waals surface area (Å²) in [5.41, 5.74) is 0.415. The second-order valence-corrected chi connectivity index (χ2v) is 5.39. The zero-order valence-electron chi connectivity index (χ0n) is 9.62. The largest absolute Gasteiger partial charge is 0.481 e. The number of halogens is 2. The molecule has 0 spiro atoms. The van der Waals surface area contributed by atoms with Gasteiger partial charge in [0, 0.05) is 12.6 Å². The highest BCUT2D eigenvalue weighted by Crippen LogP contribution is 2.44. The first kappa shape index (κ1) is 13.4. The lowest BCUT2D eigenvalue weighted by Gasteiger charge is -2.41. The molecule has 7 heteroatoms. The zero-order chi connectivity index (χ0) is 13.2. The minimum atomic E-state index is -0.770. The molecule has 0 aliphatic heterocycles. The van der Waals surface area contributed by atoms with Crippen molar-refractivity contribution in [2.45, 2.75) is 25.7 Å². The Hall–Kier alpha value is -1.07. The SMILES string of the molecule is O=C(O)CC1(CNc2cc(Cl)nnc2Cl)CCC1. The third-order valence-corrected chi connectivity index (χ3v) is 3.78. The van der Waals surface area contributed by atoms with Crippen LogP contribution in [0.15, 0.2) is 6.07 Å². The molecule has 0 atom stereocenters. The van der Waals surface area contributed by atoms with E-state index in [9.17, 15) is 4.79 Å². The number of aromatic nitrogens is 2. The van der Waals surface area contributed by atoms with E-state index in [0.29, 0.717) is 12.2 Å². The minimum absolute atomic E-state index is 0.170. The number of anilines is 1. The van der Waals surface area contributed by atoms with Crippen molar-refractivity contribution in [1.82, 2.24) is 10.2 Å². The molecular weight excluding hydrogens is 277 g/mol. The number of nitrogens with zero attached hydrogens (tertiary/aromatic N) is 2. The Morgan fingerprint density at radius 1 is 1.44 bits per heavy atom. The van der Waals surface area contributed by atoms with Crippen LogP contribution in [0.3, 0.4) is 0 Å². The Morgan fingerprint density at radius 2 is 2.17 bits per heavy atom. The fourth-order valence-corrected chi connectivity index (χ4v) is 2.48. The van der Waals surface area contributed by atoms with E-state index in [1.54, 1.807) is 6.07 Å². The van der Waals surface area contributed by atoms with Crippen molar-refractivity contribution in [2.75, 3.05) is 11.9 Å². The molecule has 1 aliphatic rings. The summed E-state index contributed by atoms with van der Waals surface area (Å²) >= 11 is 11.6. The highest BCUT2D eigenvalue weighted by Gasteiger charge is 2.38. The Balaban J connectivity index is 2.01. The number of rotatable bonds is 5. The highest BCUT2D eigenvalue weighted by molar-refractivity contribution is 6.33. The van der Waals surface area contributed by atoms with Crippen molar-refractivity contribution in [3.63, 3.8) is 0 Å². The van der Waals surface area contributed by atoms with Gasteiger partial charge in [-0.05, 0) is 18.3 Å². The third-order valence-electron chi connectivity index (χ3n) is 3.31. The van der Waals surface area contributed by atoms with Gasteiger partial charge in [0.15, 0.2) is 10.3 Å². The van der Waals surface area contributed by atoms with Gasteiger partial charge in [0.25, 0.3) is 0 Å². The van der Waals surface area contributed by atoms with Gasteiger partial charge in [-0.2, -0.15) is 0 Å². The second-order valence-electron chi connectivity index (χ2n) is 4.65. The van der Waals surface area contributed by atoms with Crippen LogP contribution in [0.2, 0.25) is 10.3 Å². The summed E-state index contributed by atoms with van der Waals surface area (Å²) in [7, 11) is 0. The molecule has 0 amide bonds. The van der Waals surface area contributed by atoms with E-state index in [2.05, 4.69) is 15.5 Å². The van der Waals surface area contributed by atoms with E-state index in [-0.39, 0.29) is 22.1 Å². The summed E-state index contributed by atoms with van der Waals surface area (Å²) in [5, 5.41) is 19.8. The molecule has 18 heavy (non-hydrogen) atoms. The summed E-state index contributed by atoms with van der Waals surface area (Å²) in [6, 6.07) is 1.59. The van der Waals surface area contributed by atoms with Crippen LogP contribution in [-0.2, 0) is 4.79 Å². The van der Waals surface area contributed by atoms with Gasteiger partial charge in [-0.15, -0.1) is 10.2 Å². The fourth-order valence-electron chi connectivity index (χ4n) is 2.17. The molecule has 0 radical (unpaired) electrons. The molecule has 5 nitrogen and oxygen atoms in total. The average molecular weight is 290 g/mol. The molecule has 0 unspecified atom stereocenters. The number of carboxylic acids is 1. The topological polar surface area (TPSA) is 75.1 Å². The standard InChI is InChI=1S/C11H13Cl2N3O2/c12-8-4-7(10(13)16-15-8)14-6-11(2-1-3-11)5-9(17)18/h4H,1-3,5-6H2,(H,14,15)(H,17,18). The summed E-state index contributed by atoms with van der Waals surface area (Å²) in [5.74, 6) is -0.770. The molecule has 1 aromatic heterocycles. The van der Waals surface area contributed by atoms with Crippen LogP contribution in [0, 0.1) is 5.41 Å². The zero-order valence-corrected chi connectivity index (χ0v) is 11.1. The Labute approximate surface area is 115 Å². The van der Waals surface area contributed by atoms with Crippen molar-refractivity contribution in [2.24, 2.45) is 5.41 Å². The van der Waals surface area contributed by atoms with Crippen molar-refractivity contribution in [3.8, 4) is 0 Å². The molecule has 1 aliphatic carbocycles. The Kier molecular flexibility index (Phi) is 3.92. The summed E-state index contributed by atoms with van der Waals surface area (Å²) in [6.45, 7) is 0.557. The lowest BCUT2D eigenvalue weighted by molar-refractivity contribution is -0.141. The Morgan fingerprint density at radius 3 is 2.72 bits per heavy atom. The molecule has 0 saturated heterocycles. The predicted molar refractivity (Wildman–Crippen MR) is 69.1 cm³/mol. The molecule has 2 N–H and O–H groups in total. The van der Waals surface area contributed by atoms with Crippen LogP contribution in [0.4, 0.5) is 5.69 Å². The highest BCUT2D eigenvalue weighted by atomic mass is 35.5. The van der Waals surface area contributed by atoms with Gasteiger partial charge in [0.1, 0.15) is 0 Å². The normalized spacial score (nSPS) is 17.0. The van der Waals surface area contributed by atoms with Gasteiger partial charge in [-0.1, -0.05) is 29.6 Å². The molecule has 0 aromatic carbocycles. The van der Waals surface area contributed by atoms with Crippen LogP contribution < -0.4 is 5.32 Å². The average Bonchev–Trinajstić information content (AvgIpc) is 2.26. The van der Waals surface area contributed by atoms with Gasteiger partial charge in [-0.3, -0.25) is 4.79 Å². The van der Waals surface area contributed by atoms with Crippen LogP contribution >= 0.6 is 23.2 Å². The van der Waals surface area contributed by atoms with Crippen molar-refractivity contribution in [3.05, 3.63) is 16.4 Å². The summed E-state index contributed by atoms with van der Waals surface area (Å²) in [6.07, 6.45) is 3.06. The van der Waals surface area contributed by atoms with Crippen LogP contribution in [0.1, 0.15) is 25.7 Å². The minimum Gasteiger partial charge on any atom is -0.481 e. The Bertz CT molecular complexity index is 464. The summed E-state index contributed by atoms with van der Waals surface area (Å²) < 4.78 is 0. The van der Waals surface area contributed by atoms with E-state index < -0.39 is 5.97 Å². The van der Waals surface area contributed by atoms with Crippen molar-refractivity contribution in [1.29, 1.82) is 0 Å². The van der Waals surface area contributed by atoms with E-state index in [1.807, 2.05) is 0 Å². The number of hydrogen-bond acceptors (Lipinski definition) is 4. The molecule has 1 saturated carbocycles. The lowest BCUT2D eigenvalue weighted by atomic mass is 9.66. The maximum absolute atomic E-state index is 10.8. The quantitative estimate of drug-likeness (QED) is 0.872. The van der Waals surface area contributed by atoms with Gasteiger partial charge in [0.2, 0.25) is 0 Å². The number of carboxylic acid groups (broad SMARTS) is 1. The first-order valence-electron chi connectivity index (χ1n) is 5.65. The van der Waals surface area contributed by atoms with Gasteiger partial charge >= 0.3 is 5.97 Å². The maximum Gasteiger partial charge on any atom is 0.303 e. The van der Waals surface area contributed by atoms with Crippen LogP contribution in [-0.4, -0.2) is 27.8 Å². The third kappa shape index (κ3) is 3.03. The first-order valence-corrected chi connectivity index (χ1v) is 6.41. The molecule has 98 valence electrons. The van der Waals surface area contributed by atoms with Gasteiger partial charge < -0.3 is 10.4 Å². The molecule has 2 rings (SSSR count).